The van der Waals surface area contributed by atoms with Crippen LogP contribution in [0.2, 0.25) is 0 Å². The number of hydrogen-bond donors (Lipinski definition) is 1. The Morgan fingerprint density at radius 2 is 1.46 bits per heavy atom. The van der Waals surface area contributed by atoms with Gasteiger partial charge in [-0.2, -0.15) is 0 Å². The molecule has 1 aromatic carbocycles. The highest BCUT2D eigenvalue weighted by Crippen LogP contribution is 2.22. The van der Waals surface area contributed by atoms with Crippen LogP contribution in [0.25, 0.3) is 0 Å². The maximum atomic E-state index is 12.3. The van der Waals surface area contributed by atoms with E-state index in [0.717, 1.165) is 37.7 Å². The molecule has 1 saturated heterocycles. The van der Waals surface area contributed by atoms with E-state index in [9.17, 15) is 19.5 Å². The zero-order valence-corrected chi connectivity index (χ0v) is 25.2. The maximum absolute atomic E-state index is 12.3. The third-order valence-corrected chi connectivity index (χ3v) is 7.57. The second-order valence-electron chi connectivity index (χ2n) is 11.2. The molecule has 41 heavy (non-hydrogen) atoms. The van der Waals surface area contributed by atoms with Crippen molar-refractivity contribution in [3.8, 4) is 0 Å². The average Bonchev–Trinajstić information content (AvgIpc) is 3.36. The molecule has 1 aliphatic heterocycles. The average molecular weight is 576 g/mol. The molecule has 1 heterocycles. The van der Waals surface area contributed by atoms with Gasteiger partial charge in [-0.25, -0.2) is 0 Å². The molecule has 1 N–H and O–H groups in total. The summed E-state index contributed by atoms with van der Waals surface area (Å²) in [4.78, 5) is 37.9. The molecule has 1 aromatic rings. The fraction of sp³-hybridized carbons (Fsp3) is 0.727. The largest absolute Gasteiger partial charge is 0.480 e. The van der Waals surface area contributed by atoms with Crippen molar-refractivity contribution in [2.75, 3.05) is 26.3 Å². The predicted octanol–water partition coefficient (Wildman–Crippen LogP) is 6.69. The van der Waals surface area contributed by atoms with Crippen molar-refractivity contribution in [1.82, 2.24) is 4.90 Å². The minimum atomic E-state index is -0.891. The van der Waals surface area contributed by atoms with E-state index in [1.165, 1.54) is 44.9 Å². The van der Waals surface area contributed by atoms with Crippen LogP contribution in [0.4, 0.5) is 0 Å². The van der Waals surface area contributed by atoms with Crippen LogP contribution >= 0.6 is 0 Å². The third-order valence-electron chi connectivity index (χ3n) is 7.57. The molecule has 1 aliphatic rings. The number of unbranched alkanes of at least 4 members (excludes halogenated alkanes) is 10. The molecule has 2 rings (SSSR count). The summed E-state index contributed by atoms with van der Waals surface area (Å²) in [6.45, 7) is 4.74. The van der Waals surface area contributed by atoms with Gasteiger partial charge < -0.3 is 19.3 Å². The number of carboxylic acids is 1. The number of nitrogens with zero attached hydrogens (tertiary/aromatic N) is 1. The molecule has 0 aromatic heterocycles. The first-order valence-electron chi connectivity index (χ1n) is 15.9. The summed E-state index contributed by atoms with van der Waals surface area (Å²) in [5.41, 5.74) is 1.09. The summed E-state index contributed by atoms with van der Waals surface area (Å²) in [6, 6.07) is 9.21. The summed E-state index contributed by atoms with van der Waals surface area (Å²) in [5, 5.41) is 9.64. The summed E-state index contributed by atoms with van der Waals surface area (Å²) < 4.78 is 16.5. The van der Waals surface area contributed by atoms with Crippen molar-refractivity contribution in [3.05, 3.63) is 35.9 Å². The van der Waals surface area contributed by atoms with E-state index in [-0.39, 0.29) is 18.4 Å². The monoisotopic (exact) mass is 575 g/mol. The number of ether oxygens (including phenoxy) is 3. The van der Waals surface area contributed by atoms with Crippen molar-refractivity contribution in [2.24, 2.45) is 0 Å². The number of carbonyl (C=O) groups excluding carboxylic acids is 2. The first-order valence-corrected chi connectivity index (χ1v) is 15.9. The lowest BCUT2D eigenvalue weighted by molar-refractivity contribution is -0.149. The van der Waals surface area contributed by atoms with Crippen molar-refractivity contribution >= 4 is 17.9 Å². The van der Waals surface area contributed by atoms with Crippen molar-refractivity contribution in [3.63, 3.8) is 0 Å². The number of carbonyl (C=O) groups is 3. The number of benzene rings is 1. The first kappa shape index (κ1) is 34.7. The van der Waals surface area contributed by atoms with Gasteiger partial charge in [-0.15, -0.1) is 0 Å². The fourth-order valence-electron chi connectivity index (χ4n) is 5.21. The van der Waals surface area contributed by atoms with E-state index < -0.39 is 18.1 Å². The molecule has 0 bridgehead atoms. The number of hydrogen-bond acceptors (Lipinski definition) is 7. The second kappa shape index (κ2) is 22.2. The summed E-state index contributed by atoms with van der Waals surface area (Å²) >= 11 is 0. The number of esters is 2. The predicted molar refractivity (Wildman–Crippen MR) is 159 cm³/mol. The molecule has 232 valence electrons. The first-order chi connectivity index (χ1) is 20.0. The van der Waals surface area contributed by atoms with Crippen LogP contribution in [0, 0.1) is 0 Å². The van der Waals surface area contributed by atoms with E-state index in [4.69, 9.17) is 14.2 Å². The van der Waals surface area contributed by atoms with Gasteiger partial charge in [0.1, 0.15) is 12.1 Å². The smallest absolute Gasteiger partial charge is 0.321 e. The van der Waals surface area contributed by atoms with E-state index in [1.54, 1.807) is 0 Å². The van der Waals surface area contributed by atoms with Gasteiger partial charge >= 0.3 is 17.9 Å². The summed E-state index contributed by atoms with van der Waals surface area (Å²) in [6.07, 6.45) is 14.6. The molecule has 1 fully saturated rings. The van der Waals surface area contributed by atoms with E-state index in [2.05, 4.69) is 6.92 Å². The zero-order valence-electron chi connectivity index (χ0n) is 25.2. The molecule has 8 nitrogen and oxygen atoms in total. The lowest BCUT2D eigenvalue weighted by atomic mass is 10.1. The van der Waals surface area contributed by atoms with Crippen LogP contribution in [0.15, 0.2) is 30.3 Å². The van der Waals surface area contributed by atoms with Gasteiger partial charge in [-0.1, -0.05) is 95.0 Å². The van der Waals surface area contributed by atoms with Crippen LogP contribution in [-0.2, 0) is 35.2 Å². The molecule has 2 atom stereocenters. The molecule has 8 heteroatoms. The molecule has 0 amide bonds. The zero-order chi connectivity index (χ0) is 29.5. The Morgan fingerprint density at radius 1 is 0.805 bits per heavy atom. The Bertz CT molecular complexity index is 847. The Kier molecular flexibility index (Phi) is 18.8. The van der Waals surface area contributed by atoms with Crippen molar-refractivity contribution in [1.29, 1.82) is 0 Å². The van der Waals surface area contributed by atoms with Crippen molar-refractivity contribution in [2.45, 2.75) is 128 Å². The maximum Gasteiger partial charge on any atom is 0.321 e. The van der Waals surface area contributed by atoms with E-state index >= 15 is 0 Å². The number of carboxylic acid groups (broad SMARTS) is 1. The number of aliphatic carboxylic acids is 1. The van der Waals surface area contributed by atoms with E-state index in [1.807, 2.05) is 35.2 Å². The van der Waals surface area contributed by atoms with Gasteiger partial charge in [-0.05, 0) is 37.8 Å². The Hall–Kier alpha value is -2.45. The molecular formula is C33H53NO7. The molecule has 1 unspecified atom stereocenters. The van der Waals surface area contributed by atoms with E-state index in [0.29, 0.717) is 52.2 Å². The van der Waals surface area contributed by atoms with Crippen molar-refractivity contribution < 1.29 is 33.7 Å². The fourth-order valence-corrected chi connectivity index (χ4v) is 5.21. The third kappa shape index (κ3) is 16.5. The molecule has 0 spiro atoms. The van der Waals surface area contributed by atoms with Crippen LogP contribution in [0.5, 0.6) is 0 Å². The molecular weight excluding hydrogens is 522 g/mol. The van der Waals surface area contributed by atoms with Gasteiger partial charge in [0, 0.05) is 32.4 Å². The summed E-state index contributed by atoms with van der Waals surface area (Å²) in [7, 11) is 0. The quantitative estimate of drug-likeness (QED) is 0.107. The molecule has 0 aliphatic carbocycles. The minimum Gasteiger partial charge on any atom is -0.480 e. The Labute approximate surface area is 247 Å². The van der Waals surface area contributed by atoms with Crippen LogP contribution in [0.3, 0.4) is 0 Å². The van der Waals surface area contributed by atoms with Gasteiger partial charge in [0.2, 0.25) is 0 Å². The lowest BCUT2D eigenvalue weighted by Crippen LogP contribution is -2.36. The van der Waals surface area contributed by atoms with Gasteiger partial charge in [-0.3, -0.25) is 19.3 Å². The Morgan fingerprint density at radius 3 is 2.17 bits per heavy atom. The minimum absolute atomic E-state index is 0.147. The molecule has 0 saturated carbocycles. The van der Waals surface area contributed by atoms with Gasteiger partial charge in [0.05, 0.1) is 13.2 Å². The standard InChI is InChI=1S/C33H53NO7/c1-2-3-4-5-6-7-8-9-16-24-40-31(35)20-14-11-15-22-34-26-29(25-30(34)33(37)38)41-32(36)21-17-23-39-27-28-18-12-10-13-19-28/h10,12-13,18-19,29-30H,2-9,11,14-17,20-27H2,1H3,(H,37,38)/t29?,30-/m0/s1. The van der Waals surface area contributed by atoms with Crippen LogP contribution in [0.1, 0.15) is 115 Å². The lowest BCUT2D eigenvalue weighted by Gasteiger charge is -2.20. The normalized spacial score (nSPS) is 17.0. The van der Waals surface area contributed by atoms with Crippen LogP contribution in [-0.4, -0.2) is 66.4 Å². The summed E-state index contributed by atoms with van der Waals surface area (Å²) in [5.74, 6) is -1.35. The Balaban J connectivity index is 1.48. The second-order valence-corrected chi connectivity index (χ2v) is 11.2. The highest BCUT2D eigenvalue weighted by molar-refractivity contribution is 5.74. The highest BCUT2D eigenvalue weighted by Gasteiger charge is 2.38. The SMILES string of the molecule is CCCCCCCCCCCOC(=O)CCCCCN1CC(OC(=O)CCCOCc2ccccc2)C[C@H]1C(=O)O. The number of likely N-dealkylation sites (tertiary alicyclic amines) is 1. The van der Waals surface area contributed by atoms with Crippen LogP contribution < -0.4 is 0 Å². The topological polar surface area (TPSA) is 102 Å². The highest BCUT2D eigenvalue weighted by atomic mass is 16.5. The molecule has 0 radical (unpaired) electrons. The number of rotatable bonds is 24. The van der Waals surface area contributed by atoms with Gasteiger partial charge in [0.15, 0.2) is 0 Å². The van der Waals surface area contributed by atoms with Gasteiger partial charge in [0.25, 0.3) is 0 Å².